The molecule has 0 bridgehead atoms. The lowest BCUT2D eigenvalue weighted by Crippen LogP contribution is -2.26. The summed E-state index contributed by atoms with van der Waals surface area (Å²) in [7, 11) is 0. The average molecular weight is 353 g/mol. The van der Waals surface area contributed by atoms with E-state index in [0.717, 1.165) is 42.3 Å². The van der Waals surface area contributed by atoms with E-state index >= 15 is 0 Å². The predicted octanol–water partition coefficient (Wildman–Crippen LogP) is 3.49. The van der Waals surface area contributed by atoms with E-state index < -0.39 is 0 Å². The van der Waals surface area contributed by atoms with Crippen LogP contribution in [0.4, 0.5) is 0 Å². The Morgan fingerprint density at radius 1 is 1.12 bits per heavy atom. The molecular formula is C21H27N3O2. The van der Waals surface area contributed by atoms with Gasteiger partial charge in [0.15, 0.2) is 5.75 Å². The molecule has 5 nitrogen and oxygen atoms in total. The number of aryl methyl sites for hydroxylation is 2. The highest BCUT2D eigenvalue weighted by Gasteiger charge is 2.28. The third kappa shape index (κ3) is 3.68. The second-order valence-corrected chi connectivity index (χ2v) is 7.52. The van der Waals surface area contributed by atoms with Crippen LogP contribution in [0.3, 0.4) is 0 Å². The third-order valence-electron chi connectivity index (χ3n) is 5.39. The lowest BCUT2D eigenvalue weighted by Gasteiger charge is -2.25. The predicted molar refractivity (Wildman–Crippen MR) is 101 cm³/mol. The van der Waals surface area contributed by atoms with E-state index in [9.17, 15) is 0 Å². The monoisotopic (exact) mass is 353 g/mol. The molecule has 0 spiro atoms. The van der Waals surface area contributed by atoms with Crippen molar-refractivity contribution in [2.75, 3.05) is 26.3 Å². The Morgan fingerprint density at radius 2 is 1.88 bits per heavy atom. The van der Waals surface area contributed by atoms with E-state index in [1.54, 1.807) is 0 Å². The van der Waals surface area contributed by atoms with Crippen LogP contribution in [-0.2, 0) is 6.42 Å². The third-order valence-corrected chi connectivity index (χ3v) is 5.39. The van der Waals surface area contributed by atoms with E-state index in [2.05, 4.69) is 48.9 Å². The van der Waals surface area contributed by atoms with Crippen molar-refractivity contribution in [1.82, 2.24) is 14.9 Å². The van der Waals surface area contributed by atoms with E-state index in [4.69, 9.17) is 14.5 Å². The van der Waals surface area contributed by atoms with Gasteiger partial charge in [-0.1, -0.05) is 0 Å². The summed E-state index contributed by atoms with van der Waals surface area (Å²) in [6.45, 7) is 9.80. The number of ether oxygens (including phenoxy) is 2. The summed E-state index contributed by atoms with van der Waals surface area (Å²) in [5.41, 5.74) is 4.70. The Morgan fingerprint density at radius 3 is 2.69 bits per heavy atom. The highest BCUT2D eigenvalue weighted by atomic mass is 16.6. The molecule has 2 aliphatic rings. The van der Waals surface area contributed by atoms with Crippen LogP contribution in [0.5, 0.6) is 11.6 Å². The maximum Gasteiger partial charge on any atom is 0.257 e. The van der Waals surface area contributed by atoms with Crippen LogP contribution < -0.4 is 9.47 Å². The second kappa shape index (κ2) is 7.23. The van der Waals surface area contributed by atoms with E-state index in [0.29, 0.717) is 25.0 Å². The Labute approximate surface area is 155 Å². The summed E-state index contributed by atoms with van der Waals surface area (Å²) in [6, 6.07) is 8.80. The summed E-state index contributed by atoms with van der Waals surface area (Å²) in [5, 5.41) is 0. The highest BCUT2D eigenvalue weighted by molar-refractivity contribution is 5.36. The van der Waals surface area contributed by atoms with Crippen molar-refractivity contribution in [3.63, 3.8) is 0 Å². The first-order valence-electron chi connectivity index (χ1n) is 9.53. The van der Waals surface area contributed by atoms with Crippen molar-refractivity contribution >= 4 is 0 Å². The van der Waals surface area contributed by atoms with Crippen molar-refractivity contribution in [3.05, 3.63) is 46.9 Å². The van der Waals surface area contributed by atoms with Crippen LogP contribution in [0, 0.1) is 19.8 Å². The minimum absolute atomic E-state index is 0.289. The van der Waals surface area contributed by atoms with Crippen LogP contribution in [0.25, 0.3) is 0 Å². The van der Waals surface area contributed by atoms with Crippen molar-refractivity contribution < 1.29 is 9.47 Å². The number of pyridine rings is 2. The molecule has 4 rings (SSSR count). The van der Waals surface area contributed by atoms with Gasteiger partial charge in [-0.15, -0.1) is 0 Å². The quantitative estimate of drug-likeness (QED) is 0.842. The summed E-state index contributed by atoms with van der Waals surface area (Å²) >= 11 is 0. The molecule has 0 radical (unpaired) electrons. The number of fused-ring (bicyclic) bond motifs is 1. The number of likely N-dealkylation sites (tertiary alicyclic amines) is 1. The summed E-state index contributed by atoms with van der Waals surface area (Å²) in [6.07, 6.45) is 2.36. The number of hydrogen-bond donors (Lipinski definition) is 0. The van der Waals surface area contributed by atoms with Crippen molar-refractivity contribution in [2.24, 2.45) is 5.92 Å². The van der Waals surface area contributed by atoms with Crippen LogP contribution in [0.2, 0.25) is 0 Å². The Balaban J connectivity index is 1.41. The van der Waals surface area contributed by atoms with Gasteiger partial charge in [0.05, 0.1) is 5.69 Å². The summed E-state index contributed by atoms with van der Waals surface area (Å²) < 4.78 is 11.2. The minimum Gasteiger partial charge on any atom is -0.484 e. The molecule has 2 atom stereocenters. The number of nitrogens with zero attached hydrogens (tertiary/aromatic N) is 3. The molecule has 1 fully saturated rings. The van der Waals surface area contributed by atoms with Crippen LogP contribution in [0.15, 0.2) is 24.3 Å². The van der Waals surface area contributed by atoms with Gasteiger partial charge in [-0.3, -0.25) is 9.88 Å². The summed E-state index contributed by atoms with van der Waals surface area (Å²) in [4.78, 5) is 11.7. The summed E-state index contributed by atoms with van der Waals surface area (Å²) in [5.74, 6) is 2.09. The molecule has 0 aromatic carbocycles. The topological polar surface area (TPSA) is 47.5 Å². The molecule has 1 saturated heterocycles. The number of aromatic nitrogens is 2. The van der Waals surface area contributed by atoms with Gasteiger partial charge < -0.3 is 9.47 Å². The van der Waals surface area contributed by atoms with E-state index in [1.807, 2.05) is 6.07 Å². The fraction of sp³-hybridized carbons (Fsp3) is 0.524. The zero-order valence-electron chi connectivity index (χ0n) is 15.9. The van der Waals surface area contributed by atoms with E-state index in [-0.39, 0.29) is 6.04 Å². The van der Waals surface area contributed by atoms with Crippen LogP contribution >= 0.6 is 0 Å². The molecule has 4 heterocycles. The van der Waals surface area contributed by atoms with Gasteiger partial charge in [0, 0.05) is 24.0 Å². The first kappa shape index (κ1) is 17.3. The standard InChI is InChI=1S/C21H27N3O2/c1-14-10-18(11-15(2)22-14)12-17-6-7-24(13-17)16(3)19-4-5-20-21(23-19)26-9-8-25-20/h4-5,10-11,16-17H,6-9,12-13H2,1-3H3/t16?,17-/m1/s1. The first-order chi connectivity index (χ1) is 12.6. The molecule has 2 aromatic heterocycles. The van der Waals surface area contributed by atoms with Crippen molar-refractivity contribution in [3.8, 4) is 11.6 Å². The van der Waals surface area contributed by atoms with Gasteiger partial charge in [-0.05, 0) is 75.9 Å². The Hall–Kier alpha value is -2.14. The number of hydrogen-bond acceptors (Lipinski definition) is 5. The van der Waals surface area contributed by atoms with Crippen LogP contribution in [-0.4, -0.2) is 41.2 Å². The molecule has 0 amide bonds. The average Bonchev–Trinajstić information content (AvgIpc) is 3.08. The molecule has 5 heteroatoms. The van der Waals surface area contributed by atoms with E-state index in [1.165, 1.54) is 12.0 Å². The molecule has 0 saturated carbocycles. The molecule has 26 heavy (non-hydrogen) atoms. The van der Waals surface area contributed by atoms with Crippen LogP contribution in [0.1, 0.15) is 42.0 Å². The lowest BCUT2D eigenvalue weighted by molar-refractivity contribution is 0.162. The normalized spacial score (nSPS) is 21.0. The fourth-order valence-corrected chi connectivity index (χ4v) is 4.12. The highest BCUT2D eigenvalue weighted by Crippen LogP contribution is 2.33. The van der Waals surface area contributed by atoms with Crippen molar-refractivity contribution in [2.45, 2.75) is 39.7 Å². The maximum absolute atomic E-state index is 5.64. The SMILES string of the molecule is Cc1cc(C[C@H]2CCN(C(C)c3ccc4c(n3)OCCO4)C2)cc(C)n1. The lowest BCUT2D eigenvalue weighted by atomic mass is 9.98. The van der Waals surface area contributed by atoms with Gasteiger partial charge in [0.2, 0.25) is 0 Å². The zero-order chi connectivity index (χ0) is 18.1. The molecule has 138 valence electrons. The maximum atomic E-state index is 5.64. The van der Waals surface area contributed by atoms with Gasteiger partial charge >= 0.3 is 0 Å². The van der Waals surface area contributed by atoms with Gasteiger partial charge in [-0.2, -0.15) is 0 Å². The van der Waals surface area contributed by atoms with Gasteiger partial charge in [0.25, 0.3) is 5.88 Å². The van der Waals surface area contributed by atoms with Gasteiger partial charge in [-0.25, -0.2) is 4.98 Å². The fourth-order valence-electron chi connectivity index (χ4n) is 4.12. The zero-order valence-corrected chi connectivity index (χ0v) is 15.9. The van der Waals surface area contributed by atoms with Gasteiger partial charge in [0.1, 0.15) is 13.2 Å². The first-order valence-corrected chi connectivity index (χ1v) is 9.53. The molecule has 2 aromatic rings. The minimum atomic E-state index is 0.289. The Bertz CT molecular complexity index is 773. The second-order valence-electron chi connectivity index (χ2n) is 7.52. The molecule has 0 N–H and O–H groups in total. The molecule has 0 aliphatic carbocycles. The number of rotatable bonds is 4. The molecule has 1 unspecified atom stereocenters. The largest absolute Gasteiger partial charge is 0.484 e. The Kier molecular flexibility index (Phi) is 4.81. The van der Waals surface area contributed by atoms with Crippen molar-refractivity contribution in [1.29, 1.82) is 0 Å². The smallest absolute Gasteiger partial charge is 0.257 e. The molecular weight excluding hydrogens is 326 g/mol. The molecule has 2 aliphatic heterocycles.